The van der Waals surface area contributed by atoms with Crippen LogP contribution in [0.15, 0.2) is 44.0 Å². The zero-order valence-electron chi connectivity index (χ0n) is 8.20. The predicted octanol–water partition coefficient (Wildman–Crippen LogP) is 2.03. The number of aliphatic carboxylic acids is 1. The summed E-state index contributed by atoms with van der Waals surface area (Å²) in [6, 6.07) is 0. The summed E-state index contributed by atoms with van der Waals surface area (Å²) in [5.41, 5.74) is 2.84. The molecule has 4 nitrogen and oxygen atoms in total. The Bertz CT molecular complexity index is 565. The predicted molar refractivity (Wildman–Crippen MR) is 60.8 cm³/mol. The summed E-state index contributed by atoms with van der Waals surface area (Å²) >= 11 is 6.02. The van der Waals surface area contributed by atoms with E-state index in [1.54, 1.807) is 0 Å². The number of halogens is 1. The lowest BCUT2D eigenvalue weighted by atomic mass is 9.98. The minimum Gasteiger partial charge on any atom is -0.477 e. The Hall–Kier alpha value is -1.68. The van der Waals surface area contributed by atoms with Gasteiger partial charge in [-0.05, 0) is 18.1 Å². The molecule has 16 heavy (non-hydrogen) atoms. The van der Waals surface area contributed by atoms with Crippen molar-refractivity contribution >= 4 is 29.1 Å². The number of carbonyl (C=O) groups is 1. The van der Waals surface area contributed by atoms with E-state index in [1.807, 2.05) is 12.2 Å². The lowest BCUT2D eigenvalue weighted by Crippen LogP contribution is -2.09. The van der Waals surface area contributed by atoms with Crippen LogP contribution in [0.4, 0.5) is 0 Å². The molecule has 0 aromatic rings. The van der Waals surface area contributed by atoms with Gasteiger partial charge in [0.1, 0.15) is 5.71 Å². The SMILES string of the molecule is O=C(O)C1=NC2=NC3=C(Cl)C=CCC3=C2C1. The zero-order chi connectivity index (χ0) is 11.3. The van der Waals surface area contributed by atoms with E-state index in [-0.39, 0.29) is 5.71 Å². The molecule has 0 aromatic carbocycles. The summed E-state index contributed by atoms with van der Waals surface area (Å²) < 4.78 is 0. The number of aliphatic imine (C=N–C) groups is 2. The van der Waals surface area contributed by atoms with Crippen molar-refractivity contribution in [2.24, 2.45) is 9.98 Å². The van der Waals surface area contributed by atoms with Crippen molar-refractivity contribution in [1.82, 2.24) is 0 Å². The highest BCUT2D eigenvalue weighted by molar-refractivity contribution is 6.43. The van der Waals surface area contributed by atoms with Crippen molar-refractivity contribution in [1.29, 1.82) is 0 Å². The monoisotopic (exact) mass is 234 g/mol. The molecular formula is C11H7ClN2O2. The number of nitrogens with zero attached hydrogens (tertiary/aromatic N) is 2. The molecule has 2 heterocycles. The largest absolute Gasteiger partial charge is 0.477 e. The van der Waals surface area contributed by atoms with Gasteiger partial charge in [-0.15, -0.1) is 0 Å². The van der Waals surface area contributed by atoms with Crippen LogP contribution in [0.3, 0.4) is 0 Å². The van der Waals surface area contributed by atoms with E-state index in [0.717, 1.165) is 23.3 Å². The summed E-state index contributed by atoms with van der Waals surface area (Å²) in [7, 11) is 0. The summed E-state index contributed by atoms with van der Waals surface area (Å²) in [5, 5.41) is 9.46. The van der Waals surface area contributed by atoms with Crippen molar-refractivity contribution in [2.75, 3.05) is 0 Å². The van der Waals surface area contributed by atoms with Crippen LogP contribution in [0, 0.1) is 0 Å². The fraction of sp³-hybridized carbons (Fsp3) is 0.182. The Labute approximate surface area is 96.4 Å². The zero-order valence-corrected chi connectivity index (χ0v) is 8.95. The van der Waals surface area contributed by atoms with Gasteiger partial charge in [0.05, 0.1) is 10.7 Å². The molecule has 0 amide bonds. The Balaban J connectivity index is 2.11. The summed E-state index contributed by atoms with van der Waals surface area (Å²) in [6.07, 6.45) is 4.86. The van der Waals surface area contributed by atoms with Crippen LogP contribution in [0.2, 0.25) is 0 Å². The van der Waals surface area contributed by atoms with Gasteiger partial charge in [0.2, 0.25) is 0 Å². The summed E-state index contributed by atoms with van der Waals surface area (Å²) in [4.78, 5) is 19.1. The van der Waals surface area contributed by atoms with Crippen molar-refractivity contribution < 1.29 is 9.90 Å². The normalized spacial score (nSPS) is 22.1. The third-order valence-electron chi connectivity index (χ3n) is 2.78. The van der Waals surface area contributed by atoms with E-state index in [0.29, 0.717) is 17.3 Å². The van der Waals surface area contributed by atoms with Gasteiger partial charge in [-0.3, -0.25) is 0 Å². The number of allylic oxidation sites excluding steroid dienone is 4. The van der Waals surface area contributed by atoms with Gasteiger partial charge in [-0.25, -0.2) is 14.8 Å². The van der Waals surface area contributed by atoms with Crippen LogP contribution in [-0.2, 0) is 4.79 Å². The Morgan fingerprint density at radius 3 is 2.94 bits per heavy atom. The van der Waals surface area contributed by atoms with Gasteiger partial charge in [0.25, 0.3) is 0 Å². The Morgan fingerprint density at radius 1 is 1.38 bits per heavy atom. The van der Waals surface area contributed by atoms with E-state index in [1.165, 1.54) is 0 Å². The first-order valence-corrected chi connectivity index (χ1v) is 5.23. The highest BCUT2D eigenvalue weighted by atomic mass is 35.5. The number of hydrogen-bond donors (Lipinski definition) is 1. The maximum atomic E-state index is 10.8. The fourth-order valence-electron chi connectivity index (χ4n) is 2.03. The number of amidine groups is 1. The maximum Gasteiger partial charge on any atom is 0.350 e. The Morgan fingerprint density at radius 2 is 2.19 bits per heavy atom. The van der Waals surface area contributed by atoms with Crippen molar-refractivity contribution in [3.8, 4) is 0 Å². The second-order valence-electron chi connectivity index (χ2n) is 3.74. The van der Waals surface area contributed by atoms with Gasteiger partial charge in [0, 0.05) is 12.0 Å². The summed E-state index contributed by atoms with van der Waals surface area (Å²) in [5.74, 6) is -0.461. The molecule has 0 fully saturated rings. The topological polar surface area (TPSA) is 62.0 Å². The number of fused-ring (bicyclic) bond motifs is 2. The third-order valence-corrected chi connectivity index (χ3v) is 3.09. The lowest BCUT2D eigenvalue weighted by Gasteiger charge is -2.08. The van der Waals surface area contributed by atoms with Crippen LogP contribution in [0.25, 0.3) is 0 Å². The van der Waals surface area contributed by atoms with Crippen molar-refractivity contribution in [3.63, 3.8) is 0 Å². The van der Waals surface area contributed by atoms with E-state index in [9.17, 15) is 4.79 Å². The highest BCUT2D eigenvalue weighted by Gasteiger charge is 2.33. The lowest BCUT2D eigenvalue weighted by molar-refractivity contribution is -0.129. The molecule has 0 unspecified atom stereocenters. The van der Waals surface area contributed by atoms with Crippen molar-refractivity contribution in [2.45, 2.75) is 12.8 Å². The van der Waals surface area contributed by atoms with Crippen LogP contribution in [-0.4, -0.2) is 22.6 Å². The van der Waals surface area contributed by atoms with Crippen LogP contribution < -0.4 is 0 Å². The third kappa shape index (κ3) is 1.20. The van der Waals surface area contributed by atoms with Gasteiger partial charge >= 0.3 is 5.97 Å². The molecular weight excluding hydrogens is 228 g/mol. The Kier molecular flexibility index (Phi) is 1.88. The standard InChI is InChI=1S/C11H7ClN2O2/c12-7-3-1-2-5-6-4-8(11(15)16)13-10(6)14-9(5)7/h1,3H,2,4H2,(H,15,16). The number of carboxylic acids is 1. The molecule has 1 aliphatic carbocycles. The van der Waals surface area contributed by atoms with Crippen molar-refractivity contribution in [3.05, 3.63) is 34.0 Å². The highest BCUT2D eigenvalue weighted by Crippen LogP contribution is 2.39. The van der Waals surface area contributed by atoms with E-state index in [4.69, 9.17) is 16.7 Å². The molecule has 80 valence electrons. The van der Waals surface area contributed by atoms with E-state index >= 15 is 0 Å². The number of hydrogen-bond acceptors (Lipinski definition) is 3. The molecule has 1 N–H and O–H groups in total. The second kappa shape index (κ2) is 3.15. The summed E-state index contributed by atoms with van der Waals surface area (Å²) in [6.45, 7) is 0. The first-order chi connectivity index (χ1) is 7.66. The van der Waals surface area contributed by atoms with E-state index in [2.05, 4.69) is 9.98 Å². The van der Waals surface area contributed by atoms with Gasteiger partial charge in [-0.1, -0.05) is 17.7 Å². The van der Waals surface area contributed by atoms with Crippen LogP contribution >= 0.6 is 11.6 Å². The molecule has 0 spiro atoms. The first-order valence-electron chi connectivity index (χ1n) is 4.85. The van der Waals surface area contributed by atoms with Crippen LogP contribution in [0.5, 0.6) is 0 Å². The quantitative estimate of drug-likeness (QED) is 0.755. The molecule has 0 atom stereocenters. The average molecular weight is 235 g/mol. The minimum absolute atomic E-state index is 0.158. The molecule has 3 rings (SSSR count). The maximum absolute atomic E-state index is 10.8. The van der Waals surface area contributed by atoms with Gasteiger partial charge < -0.3 is 5.11 Å². The minimum atomic E-state index is -0.979. The smallest absolute Gasteiger partial charge is 0.350 e. The molecule has 2 aliphatic heterocycles. The molecule has 5 heteroatoms. The van der Waals surface area contributed by atoms with Gasteiger partial charge in [0.15, 0.2) is 5.84 Å². The molecule has 3 aliphatic rings. The van der Waals surface area contributed by atoms with Crippen LogP contribution in [0.1, 0.15) is 12.8 Å². The molecule has 0 saturated carbocycles. The number of carboxylic acid groups (broad SMARTS) is 1. The molecule has 0 bridgehead atoms. The van der Waals surface area contributed by atoms with Gasteiger partial charge in [-0.2, -0.15) is 0 Å². The fourth-order valence-corrected chi connectivity index (χ4v) is 2.28. The second-order valence-corrected chi connectivity index (χ2v) is 4.14. The molecule has 0 radical (unpaired) electrons. The van der Waals surface area contributed by atoms with E-state index < -0.39 is 5.97 Å². The average Bonchev–Trinajstić information content (AvgIpc) is 2.76. The molecule has 0 aromatic heterocycles. The molecule has 0 saturated heterocycles. The number of rotatable bonds is 1. The first kappa shape index (κ1) is 9.54.